The number of carboxylic acids is 1. The molecule has 152 valence electrons. The molecule has 3 unspecified atom stereocenters. The second kappa shape index (κ2) is 9.19. The number of nitrogens with zero attached hydrogens (tertiary/aromatic N) is 2. The molecule has 2 amide bonds. The average Bonchev–Trinajstić information content (AvgIpc) is 3.10. The largest absolute Gasteiger partial charge is 0.481 e. The molecule has 0 aliphatic carbocycles. The first kappa shape index (κ1) is 20.3. The average molecular weight is 388 g/mol. The van der Waals surface area contributed by atoms with Crippen molar-refractivity contribution in [3.8, 4) is 0 Å². The number of aliphatic carboxylic acids is 1. The Morgan fingerprint density at radius 3 is 2.61 bits per heavy atom. The Hall–Kier alpha value is -2.41. The van der Waals surface area contributed by atoms with E-state index in [2.05, 4.69) is 0 Å². The third kappa shape index (κ3) is 4.90. The van der Waals surface area contributed by atoms with E-state index in [4.69, 9.17) is 9.84 Å². The lowest BCUT2D eigenvalue weighted by atomic mass is 9.95. The molecular weight excluding hydrogens is 360 g/mol. The van der Waals surface area contributed by atoms with Crippen molar-refractivity contribution in [3.63, 3.8) is 0 Å². The summed E-state index contributed by atoms with van der Waals surface area (Å²) in [5.41, 5.74) is 0.963. The Balaban J connectivity index is 1.63. The number of hydrogen-bond acceptors (Lipinski definition) is 4. The molecule has 0 aromatic heterocycles. The summed E-state index contributed by atoms with van der Waals surface area (Å²) in [5.74, 6) is -1.21. The lowest BCUT2D eigenvalue weighted by molar-refractivity contribution is -0.143. The molecule has 2 saturated heterocycles. The van der Waals surface area contributed by atoms with Crippen LogP contribution in [-0.4, -0.2) is 71.6 Å². The van der Waals surface area contributed by atoms with E-state index in [1.54, 1.807) is 16.9 Å². The summed E-state index contributed by atoms with van der Waals surface area (Å²) in [6.45, 7) is 1.48. The monoisotopic (exact) mass is 388 g/mol. The van der Waals surface area contributed by atoms with Gasteiger partial charge in [-0.1, -0.05) is 30.3 Å². The predicted molar refractivity (Wildman–Crippen MR) is 103 cm³/mol. The molecule has 3 atom stereocenters. The number of piperidine rings is 1. The second-order valence-corrected chi connectivity index (χ2v) is 7.68. The highest BCUT2D eigenvalue weighted by atomic mass is 16.5. The highest BCUT2D eigenvalue weighted by Gasteiger charge is 2.40. The van der Waals surface area contributed by atoms with Crippen molar-refractivity contribution in [2.75, 3.05) is 26.7 Å². The van der Waals surface area contributed by atoms with Gasteiger partial charge >= 0.3 is 5.97 Å². The maximum absolute atomic E-state index is 13.1. The Morgan fingerprint density at radius 1 is 1.18 bits per heavy atom. The molecule has 0 radical (unpaired) electrons. The van der Waals surface area contributed by atoms with Crippen LogP contribution in [0.3, 0.4) is 0 Å². The van der Waals surface area contributed by atoms with E-state index in [9.17, 15) is 14.4 Å². The van der Waals surface area contributed by atoms with Gasteiger partial charge in [-0.2, -0.15) is 0 Å². The van der Waals surface area contributed by atoms with Crippen LogP contribution in [0.2, 0.25) is 0 Å². The van der Waals surface area contributed by atoms with E-state index in [0.29, 0.717) is 32.5 Å². The standard InChI is InChI=1S/C21H28N2O5/c1-28-18-11-17(12-20(25)26)23(14-18)21(27)16-8-5-9-22(13-16)19(24)10-15-6-3-2-4-7-15/h2-4,6-7,16-18H,5,8-14H2,1H3,(H,25,26). The van der Waals surface area contributed by atoms with Gasteiger partial charge in [0.2, 0.25) is 11.8 Å². The summed E-state index contributed by atoms with van der Waals surface area (Å²) < 4.78 is 5.37. The van der Waals surface area contributed by atoms with Gasteiger partial charge in [0.05, 0.1) is 24.9 Å². The first-order valence-electron chi connectivity index (χ1n) is 9.84. The first-order valence-corrected chi connectivity index (χ1v) is 9.84. The van der Waals surface area contributed by atoms with Gasteiger partial charge in [-0.05, 0) is 24.8 Å². The number of rotatable bonds is 6. The van der Waals surface area contributed by atoms with Gasteiger partial charge in [-0.25, -0.2) is 0 Å². The molecule has 7 nitrogen and oxygen atoms in total. The number of amides is 2. The third-order valence-electron chi connectivity index (χ3n) is 5.72. The minimum Gasteiger partial charge on any atom is -0.481 e. The number of carbonyl (C=O) groups is 3. The molecule has 0 spiro atoms. The van der Waals surface area contributed by atoms with Gasteiger partial charge in [0, 0.05) is 32.8 Å². The quantitative estimate of drug-likeness (QED) is 0.799. The number of carboxylic acid groups (broad SMARTS) is 1. The minimum atomic E-state index is -0.914. The second-order valence-electron chi connectivity index (χ2n) is 7.68. The molecule has 2 fully saturated rings. The lowest BCUT2D eigenvalue weighted by Crippen LogP contribution is -2.48. The highest BCUT2D eigenvalue weighted by molar-refractivity contribution is 5.83. The van der Waals surface area contributed by atoms with Crippen LogP contribution in [0.25, 0.3) is 0 Å². The Kier molecular flexibility index (Phi) is 6.67. The molecule has 28 heavy (non-hydrogen) atoms. The molecule has 0 saturated carbocycles. The predicted octanol–water partition coefficient (Wildman–Crippen LogP) is 1.56. The molecule has 0 bridgehead atoms. The molecule has 2 aliphatic rings. The van der Waals surface area contributed by atoms with Crippen LogP contribution in [0, 0.1) is 5.92 Å². The fourth-order valence-electron chi connectivity index (χ4n) is 4.23. The van der Waals surface area contributed by atoms with Gasteiger partial charge in [-0.15, -0.1) is 0 Å². The van der Waals surface area contributed by atoms with E-state index in [1.807, 2.05) is 30.3 Å². The summed E-state index contributed by atoms with van der Waals surface area (Å²) in [7, 11) is 1.58. The van der Waals surface area contributed by atoms with Crippen molar-refractivity contribution in [3.05, 3.63) is 35.9 Å². The van der Waals surface area contributed by atoms with Crippen molar-refractivity contribution < 1.29 is 24.2 Å². The number of carbonyl (C=O) groups excluding carboxylic acids is 2. The van der Waals surface area contributed by atoms with Crippen LogP contribution in [0.1, 0.15) is 31.2 Å². The van der Waals surface area contributed by atoms with Crippen LogP contribution in [0.5, 0.6) is 0 Å². The summed E-state index contributed by atoms with van der Waals surface area (Å²) in [5, 5.41) is 9.17. The molecule has 7 heteroatoms. The van der Waals surface area contributed by atoms with E-state index in [1.165, 1.54) is 0 Å². The third-order valence-corrected chi connectivity index (χ3v) is 5.72. The Labute approximate surface area is 165 Å². The lowest BCUT2D eigenvalue weighted by Gasteiger charge is -2.35. The van der Waals surface area contributed by atoms with Gasteiger partial charge in [-0.3, -0.25) is 14.4 Å². The van der Waals surface area contributed by atoms with Crippen molar-refractivity contribution in [2.45, 2.75) is 44.2 Å². The number of hydrogen-bond donors (Lipinski definition) is 1. The van der Waals surface area contributed by atoms with Crippen molar-refractivity contribution in [1.29, 1.82) is 0 Å². The molecule has 2 heterocycles. The summed E-state index contributed by atoms with van der Waals surface area (Å²) in [6.07, 6.45) is 2.17. The van der Waals surface area contributed by atoms with Crippen LogP contribution in [0.15, 0.2) is 30.3 Å². The Bertz CT molecular complexity index is 708. The highest BCUT2D eigenvalue weighted by Crippen LogP contribution is 2.28. The minimum absolute atomic E-state index is 0.0296. The summed E-state index contributed by atoms with van der Waals surface area (Å²) in [4.78, 5) is 40.4. The van der Waals surface area contributed by atoms with Gasteiger partial charge < -0.3 is 19.6 Å². The van der Waals surface area contributed by atoms with Gasteiger partial charge in [0.25, 0.3) is 0 Å². The molecule has 2 aliphatic heterocycles. The zero-order valence-electron chi connectivity index (χ0n) is 16.3. The normalized spacial score (nSPS) is 25.0. The SMILES string of the molecule is COC1CC(CC(=O)O)N(C(=O)C2CCCN(C(=O)Cc3ccccc3)C2)C1. The molecule has 3 rings (SSSR count). The van der Waals surface area contributed by atoms with Crippen molar-refractivity contribution in [2.24, 2.45) is 5.92 Å². The first-order chi connectivity index (χ1) is 13.5. The molecule has 1 aromatic carbocycles. The van der Waals surface area contributed by atoms with Crippen molar-refractivity contribution in [1.82, 2.24) is 9.80 Å². The van der Waals surface area contributed by atoms with Crippen LogP contribution < -0.4 is 0 Å². The fraction of sp³-hybridized carbons (Fsp3) is 0.571. The maximum Gasteiger partial charge on any atom is 0.305 e. The Morgan fingerprint density at radius 2 is 1.93 bits per heavy atom. The zero-order chi connectivity index (χ0) is 20.1. The van der Waals surface area contributed by atoms with E-state index in [0.717, 1.165) is 18.4 Å². The van der Waals surface area contributed by atoms with Crippen LogP contribution >= 0.6 is 0 Å². The molecule has 1 aromatic rings. The van der Waals surface area contributed by atoms with Crippen molar-refractivity contribution >= 4 is 17.8 Å². The summed E-state index contributed by atoms with van der Waals surface area (Å²) >= 11 is 0. The van der Waals surface area contributed by atoms with Gasteiger partial charge in [0.1, 0.15) is 0 Å². The molecule has 1 N–H and O–H groups in total. The summed E-state index contributed by atoms with van der Waals surface area (Å²) in [6, 6.07) is 9.25. The van der Waals surface area contributed by atoms with E-state index >= 15 is 0 Å². The fourth-order valence-corrected chi connectivity index (χ4v) is 4.23. The number of likely N-dealkylation sites (tertiary alicyclic amines) is 2. The van der Waals surface area contributed by atoms with E-state index in [-0.39, 0.29) is 36.3 Å². The maximum atomic E-state index is 13.1. The zero-order valence-corrected chi connectivity index (χ0v) is 16.3. The number of benzene rings is 1. The smallest absolute Gasteiger partial charge is 0.305 e. The van der Waals surface area contributed by atoms with Crippen LogP contribution in [-0.2, 0) is 25.5 Å². The van der Waals surface area contributed by atoms with E-state index < -0.39 is 5.97 Å². The molecular formula is C21H28N2O5. The number of methoxy groups -OCH3 is 1. The van der Waals surface area contributed by atoms with Gasteiger partial charge in [0.15, 0.2) is 0 Å². The topological polar surface area (TPSA) is 87.2 Å². The van der Waals surface area contributed by atoms with Crippen LogP contribution in [0.4, 0.5) is 0 Å². The number of ether oxygens (including phenoxy) is 1.